The van der Waals surface area contributed by atoms with Crippen LogP contribution in [-0.2, 0) is 9.59 Å². The monoisotopic (exact) mass is 366 g/mol. The fraction of sp³-hybridized carbons (Fsp3) is 0.364. The summed E-state index contributed by atoms with van der Waals surface area (Å²) in [6.45, 7) is 2.77. The fourth-order valence-corrected chi connectivity index (χ4v) is 3.70. The molecule has 1 heterocycles. The maximum atomic E-state index is 13.0. The van der Waals surface area contributed by atoms with E-state index in [-0.39, 0.29) is 30.1 Å². The lowest BCUT2D eigenvalue weighted by atomic mass is 9.88. The summed E-state index contributed by atoms with van der Waals surface area (Å²) in [6, 6.07) is 16.9. The number of amides is 2. The average Bonchev–Trinajstić information content (AvgIpc) is 2.99. The number of nitrogens with one attached hydrogen (secondary N) is 1. The van der Waals surface area contributed by atoms with Crippen molar-refractivity contribution in [2.75, 3.05) is 23.9 Å². The number of anilines is 2. The second-order valence-electron chi connectivity index (χ2n) is 6.92. The van der Waals surface area contributed by atoms with Crippen LogP contribution in [0, 0.1) is 11.8 Å². The number of para-hydroxylation sites is 1. The van der Waals surface area contributed by atoms with Crippen molar-refractivity contribution in [2.24, 2.45) is 11.8 Å². The number of nitrogens with zero attached hydrogens (tertiary/aromatic N) is 1. The van der Waals surface area contributed by atoms with Crippen molar-refractivity contribution < 1.29 is 14.3 Å². The molecule has 2 aromatic rings. The first-order valence-electron chi connectivity index (χ1n) is 9.42. The Morgan fingerprint density at radius 3 is 2.48 bits per heavy atom. The minimum Gasteiger partial charge on any atom is -0.497 e. The molecule has 2 atom stereocenters. The van der Waals surface area contributed by atoms with Crippen LogP contribution in [0.5, 0.6) is 5.75 Å². The molecule has 1 aliphatic heterocycles. The van der Waals surface area contributed by atoms with Crippen molar-refractivity contribution in [3.8, 4) is 5.75 Å². The van der Waals surface area contributed by atoms with Gasteiger partial charge in [0.25, 0.3) is 0 Å². The molecule has 0 aromatic heterocycles. The zero-order valence-corrected chi connectivity index (χ0v) is 15.9. The lowest BCUT2D eigenvalue weighted by Gasteiger charge is -2.17. The van der Waals surface area contributed by atoms with Gasteiger partial charge in [0.15, 0.2) is 0 Å². The first-order valence-corrected chi connectivity index (χ1v) is 9.42. The lowest BCUT2D eigenvalue weighted by molar-refractivity contribution is -0.125. The summed E-state index contributed by atoms with van der Waals surface area (Å²) in [7, 11) is 1.62. The first-order chi connectivity index (χ1) is 13.1. The predicted molar refractivity (Wildman–Crippen MR) is 107 cm³/mol. The van der Waals surface area contributed by atoms with Gasteiger partial charge in [-0.05, 0) is 48.7 Å². The third-order valence-corrected chi connectivity index (χ3v) is 5.08. The summed E-state index contributed by atoms with van der Waals surface area (Å²) in [5.74, 6) is 0.579. The molecular weight excluding hydrogens is 340 g/mol. The van der Waals surface area contributed by atoms with Crippen LogP contribution >= 0.6 is 0 Å². The third-order valence-electron chi connectivity index (χ3n) is 5.08. The Hall–Kier alpha value is -2.82. The smallest absolute Gasteiger partial charge is 0.230 e. The van der Waals surface area contributed by atoms with Gasteiger partial charge in [0.05, 0.1) is 13.0 Å². The fourth-order valence-electron chi connectivity index (χ4n) is 3.70. The normalized spacial score (nSPS) is 19.2. The second kappa shape index (κ2) is 8.71. The highest BCUT2D eigenvalue weighted by atomic mass is 16.5. The molecule has 0 radical (unpaired) electrons. The van der Waals surface area contributed by atoms with Crippen molar-refractivity contribution in [3.63, 3.8) is 0 Å². The van der Waals surface area contributed by atoms with Crippen LogP contribution in [0.1, 0.15) is 26.2 Å². The average molecular weight is 366 g/mol. The van der Waals surface area contributed by atoms with E-state index >= 15 is 0 Å². The van der Waals surface area contributed by atoms with Gasteiger partial charge < -0.3 is 15.0 Å². The summed E-state index contributed by atoms with van der Waals surface area (Å²) >= 11 is 0. The van der Waals surface area contributed by atoms with E-state index in [0.717, 1.165) is 30.0 Å². The summed E-state index contributed by atoms with van der Waals surface area (Å²) in [4.78, 5) is 27.3. The van der Waals surface area contributed by atoms with Crippen molar-refractivity contribution in [3.05, 3.63) is 54.6 Å². The maximum Gasteiger partial charge on any atom is 0.230 e. The SMILES string of the molecule is CCC[C@H]1CN(c2ccc(OC)cc2)C(=O)[C@@H]1CC(=O)Nc1ccccc1. The van der Waals surface area contributed by atoms with Gasteiger partial charge in [-0.1, -0.05) is 31.5 Å². The summed E-state index contributed by atoms with van der Waals surface area (Å²) in [5.41, 5.74) is 1.61. The molecule has 27 heavy (non-hydrogen) atoms. The van der Waals surface area contributed by atoms with E-state index in [0.29, 0.717) is 6.54 Å². The first kappa shape index (κ1) is 19.0. The molecule has 2 amide bonds. The summed E-state index contributed by atoms with van der Waals surface area (Å²) < 4.78 is 5.19. The largest absolute Gasteiger partial charge is 0.497 e. The van der Waals surface area contributed by atoms with Crippen LogP contribution in [0.25, 0.3) is 0 Å². The van der Waals surface area contributed by atoms with E-state index < -0.39 is 0 Å². The minimum absolute atomic E-state index is 0.0295. The summed E-state index contributed by atoms with van der Waals surface area (Å²) in [6.07, 6.45) is 2.14. The standard InChI is InChI=1S/C22H26N2O3/c1-3-7-16-15-24(18-10-12-19(27-2)13-11-18)22(26)20(16)14-21(25)23-17-8-5-4-6-9-17/h4-6,8-13,16,20H,3,7,14-15H2,1-2H3,(H,23,25)/t16-,20+/m0/s1. The molecular formula is C22H26N2O3. The Kier molecular flexibility index (Phi) is 6.12. The van der Waals surface area contributed by atoms with Gasteiger partial charge in [0.1, 0.15) is 5.75 Å². The molecule has 0 spiro atoms. The molecule has 1 saturated heterocycles. The van der Waals surface area contributed by atoms with Gasteiger partial charge in [-0.3, -0.25) is 9.59 Å². The molecule has 1 fully saturated rings. The van der Waals surface area contributed by atoms with Crippen molar-refractivity contribution in [1.82, 2.24) is 0 Å². The van der Waals surface area contributed by atoms with Crippen molar-refractivity contribution in [1.29, 1.82) is 0 Å². The van der Waals surface area contributed by atoms with Crippen LogP contribution < -0.4 is 15.0 Å². The highest BCUT2D eigenvalue weighted by Gasteiger charge is 2.41. The summed E-state index contributed by atoms with van der Waals surface area (Å²) in [5, 5.41) is 2.90. The molecule has 3 rings (SSSR count). The van der Waals surface area contributed by atoms with Crippen LogP contribution in [0.4, 0.5) is 11.4 Å². The Morgan fingerprint density at radius 2 is 1.85 bits per heavy atom. The highest BCUT2D eigenvalue weighted by Crippen LogP contribution is 2.35. The number of methoxy groups -OCH3 is 1. The van der Waals surface area contributed by atoms with Crippen molar-refractivity contribution in [2.45, 2.75) is 26.2 Å². The van der Waals surface area contributed by atoms with E-state index in [9.17, 15) is 9.59 Å². The van der Waals surface area contributed by atoms with Gasteiger partial charge in [-0.15, -0.1) is 0 Å². The van der Waals surface area contributed by atoms with Crippen molar-refractivity contribution >= 4 is 23.2 Å². The van der Waals surface area contributed by atoms with Crippen LogP contribution in [0.3, 0.4) is 0 Å². The number of carbonyl (C=O) groups excluding carboxylic acids is 2. The molecule has 0 unspecified atom stereocenters. The molecule has 1 aliphatic rings. The Balaban J connectivity index is 1.72. The predicted octanol–water partition coefficient (Wildman–Crippen LogP) is 4.10. The van der Waals surface area contributed by atoms with E-state index in [1.54, 1.807) is 12.0 Å². The highest BCUT2D eigenvalue weighted by molar-refractivity contribution is 6.01. The molecule has 5 nitrogen and oxygen atoms in total. The number of hydrogen-bond donors (Lipinski definition) is 1. The Morgan fingerprint density at radius 1 is 1.15 bits per heavy atom. The van der Waals surface area contributed by atoms with E-state index in [1.807, 2.05) is 54.6 Å². The van der Waals surface area contributed by atoms with Gasteiger partial charge >= 0.3 is 0 Å². The van der Waals surface area contributed by atoms with Gasteiger partial charge in [0, 0.05) is 24.3 Å². The third kappa shape index (κ3) is 4.48. The van der Waals surface area contributed by atoms with Crippen LogP contribution in [-0.4, -0.2) is 25.5 Å². The molecule has 0 aliphatic carbocycles. The van der Waals surface area contributed by atoms with Gasteiger partial charge in [-0.2, -0.15) is 0 Å². The van der Waals surface area contributed by atoms with Crippen LogP contribution in [0.15, 0.2) is 54.6 Å². The molecule has 142 valence electrons. The van der Waals surface area contributed by atoms with E-state index in [2.05, 4.69) is 12.2 Å². The lowest BCUT2D eigenvalue weighted by Crippen LogP contribution is -2.29. The number of ether oxygens (including phenoxy) is 1. The Bertz CT molecular complexity index is 774. The number of hydrogen-bond acceptors (Lipinski definition) is 3. The zero-order chi connectivity index (χ0) is 19.2. The molecule has 2 aromatic carbocycles. The number of benzene rings is 2. The zero-order valence-electron chi connectivity index (χ0n) is 15.9. The number of carbonyl (C=O) groups is 2. The maximum absolute atomic E-state index is 13.0. The number of rotatable bonds is 7. The second-order valence-corrected chi connectivity index (χ2v) is 6.92. The van der Waals surface area contributed by atoms with E-state index in [4.69, 9.17) is 4.74 Å². The van der Waals surface area contributed by atoms with Gasteiger partial charge in [0.2, 0.25) is 11.8 Å². The van der Waals surface area contributed by atoms with E-state index in [1.165, 1.54) is 0 Å². The molecule has 5 heteroatoms. The quantitative estimate of drug-likeness (QED) is 0.802. The van der Waals surface area contributed by atoms with Gasteiger partial charge in [-0.25, -0.2) is 0 Å². The minimum atomic E-state index is -0.282. The molecule has 1 N–H and O–H groups in total. The Labute approximate surface area is 160 Å². The topological polar surface area (TPSA) is 58.6 Å². The van der Waals surface area contributed by atoms with Crippen LogP contribution in [0.2, 0.25) is 0 Å². The molecule has 0 bridgehead atoms. The molecule has 0 saturated carbocycles.